The van der Waals surface area contributed by atoms with E-state index in [2.05, 4.69) is 16.0 Å². The number of carboxylic acid groups (broad SMARTS) is 1. The molecule has 0 bridgehead atoms. The van der Waals surface area contributed by atoms with Crippen LogP contribution in [0.3, 0.4) is 0 Å². The van der Waals surface area contributed by atoms with Gasteiger partial charge < -0.3 is 25.5 Å². The standard InChI is InChI=1S/C20H20N4O6S/c1-12(25)23-14-2-4-15(5-3-14)24-18-9-17(22-10-13-6-7-30-11-13)16(20(26)27)8-19(18)31(21,28)29/h2-9,11,22,24H,10H2,1H3,(H,23,25)(H,26,27)(H2,21,28,29). The number of primary sulfonamides is 1. The fourth-order valence-electron chi connectivity index (χ4n) is 2.82. The molecule has 0 atom stereocenters. The number of nitrogens with one attached hydrogen (secondary N) is 3. The first-order valence-electron chi connectivity index (χ1n) is 8.97. The topological polar surface area (TPSA) is 164 Å². The number of anilines is 4. The molecule has 0 fully saturated rings. The Morgan fingerprint density at radius 1 is 1.06 bits per heavy atom. The highest BCUT2D eigenvalue weighted by atomic mass is 32.2. The van der Waals surface area contributed by atoms with Crippen molar-refractivity contribution >= 4 is 44.6 Å². The number of rotatable bonds is 8. The minimum Gasteiger partial charge on any atom is -0.478 e. The minimum atomic E-state index is -4.23. The van der Waals surface area contributed by atoms with Crippen LogP contribution in [0.5, 0.6) is 0 Å². The highest BCUT2D eigenvalue weighted by molar-refractivity contribution is 7.89. The van der Waals surface area contributed by atoms with Gasteiger partial charge in [-0.3, -0.25) is 4.79 Å². The fourth-order valence-corrected chi connectivity index (χ4v) is 3.52. The van der Waals surface area contributed by atoms with Gasteiger partial charge in [0.15, 0.2) is 0 Å². The average Bonchev–Trinajstić information content (AvgIpc) is 3.20. The summed E-state index contributed by atoms with van der Waals surface area (Å²) in [4.78, 5) is 22.5. The first-order chi connectivity index (χ1) is 14.6. The van der Waals surface area contributed by atoms with Crippen molar-refractivity contribution in [2.45, 2.75) is 18.4 Å². The second kappa shape index (κ2) is 8.90. The lowest BCUT2D eigenvalue weighted by molar-refractivity contribution is -0.114. The Morgan fingerprint density at radius 2 is 1.74 bits per heavy atom. The molecule has 0 unspecified atom stereocenters. The number of furan rings is 1. The number of carbonyl (C=O) groups is 2. The van der Waals surface area contributed by atoms with Gasteiger partial charge in [0, 0.05) is 30.4 Å². The Hall–Kier alpha value is -3.83. The molecule has 2 aromatic carbocycles. The van der Waals surface area contributed by atoms with Crippen molar-refractivity contribution in [3.8, 4) is 0 Å². The van der Waals surface area contributed by atoms with Crippen molar-refractivity contribution in [3.63, 3.8) is 0 Å². The molecule has 1 aromatic heterocycles. The predicted molar refractivity (Wildman–Crippen MR) is 115 cm³/mol. The molecule has 0 aliphatic rings. The molecular formula is C20H20N4O6S. The molecule has 10 nitrogen and oxygen atoms in total. The van der Waals surface area contributed by atoms with Crippen LogP contribution >= 0.6 is 0 Å². The van der Waals surface area contributed by atoms with E-state index in [9.17, 15) is 23.1 Å². The van der Waals surface area contributed by atoms with Crippen LogP contribution in [0.2, 0.25) is 0 Å². The third-order valence-electron chi connectivity index (χ3n) is 4.20. The van der Waals surface area contributed by atoms with E-state index in [0.717, 1.165) is 11.6 Å². The van der Waals surface area contributed by atoms with Gasteiger partial charge in [-0.15, -0.1) is 0 Å². The summed E-state index contributed by atoms with van der Waals surface area (Å²) >= 11 is 0. The largest absolute Gasteiger partial charge is 0.478 e. The molecule has 11 heteroatoms. The Labute approximate surface area is 178 Å². The van der Waals surface area contributed by atoms with Crippen molar-refractivity contribution in [2.24, 2.45) is 5.14 Å². The Morgan fingerprint density at radius 3 is 2.29 bits per heavy atom. The summed E-state index contributed by atoms with van der Waals surface area (Å²) in [5.74, 6) is -1.54. The highest BCUT2D eigenvalue weighted by Crippen LogP contribution is 2.31. The van der Waals surface area contributed by atoms with Crippen LogP contribution < -0.4 is 21.1 Å². The molecule has 0 saturated heterocycles. The first-order valence-corrected chi connectivity index (χ1v) is 10.5. The maximum absolute atomic E-state index is 12.1. The lowest BCUT2D eigenvalue weighted by Gasteiger charge is -2.16. The third-order valence-corrected chi connectivity index (χ3v) is 5.15. The second-order valence-corrected chi connectivity index (χ2v) is 8.14. The smallest absolute Gasteiger partial charge is 0.337 e. The van der Waals surface area contributed by atoms with Gasteiger partial charge in [0.05, 0.1) is 29.5 Å². The van der Waals surface area contributed by atoms with Gasteiger partial charge in [0.25, 0.3) is 0 Å². The van der Waals surface area contributed by atoms with Gasteiger partial charge in [0.1, 0.15) is 4.90 Å². The summed E-state index contributed by atoms with van der Waals surface area (Å²) in [6.45, 7) is 1.64. The number of carboxylic acids is 1. The molecule has 0 saturated carbocycles. The zero-order chi connectivity index (χ0) is 22.6. The van der Waals surface area contributed by atoms with Crippen molar-refractivity contribution in [1.29, 1.82) is 0 Å². The molecule has 0 spiro atoms. The summed E-state index contributed by atoms with van der Waals surface area (Å²) in [5.41, 5.74) is 1.87. The van der Waals surface area contributed by atoms with E-state index in [1.807, 2.05) is 0 Å². The number of sulfonamides is 1. The van der Waals surface area contributed by atoms with Crippen LogP contribution in [0, 0.1) is 0 Å². The van der Waals surface area contributed by atoms with Crippen molar-refractivity contribution in [1.82, 2.24) is 0 Å². The average molecular weight is 444 g/mol. The monoisotopic (exact) mass is 444 g/mol. The SMILES string of the molecule is CC(=O)Nc1ccc(Nc2cc(NCc3ccoc3)c(C(=O)O)cc2S(N)(=O)=O)cc1. The molecule has 1 heterocycles. The molecule has 31 heavy (non-hydrogen) atoms. The molecule has 0 radical (unpaired) electrons. The quantitative estimate of drug-likeness (QED) is 0.354. The Balaban J connectivity index is 1.98. The zero-order valence-corrected chi connectivity index (χ0v) is 17.2. The van der Waals surface area contributed by atoms with Crippen molar-refractivity contribution in [3.05, 3.63) is 66.1 Å². The van der Waals surface area contributed by atoms with E-state index >= 15 is 0 Å². The maximum Gasteiger partial charge on any atom is 0.337 e. The second-order valence-electron chi connectivity index (χ2n) is 6.61. The van der Waals surface area contributed by atoms with Gasteiger partial charge in [-0.05, 0) is 42.5 Å². The van der Waals surface area contributed by atoms with Gasteiger partial charge >= 0.3 is 5.97 Å². The van der Waals surface area contributed by atoms with Crippen LogP contribution in [0.1, 0.15) is 22.8 Å². The normalized spacial score (nSPS) is 11.0. The van der Waals surface area contributed by atoms with Crippen LogP contribution in [0.15, 0.2) is 64.3 Å². The summed E-state index contributed by atoms with van der Waals surface area (Å²) in [6, 6.07) is 10.6. The molecule has 1 amide bonds. The van der Waals surface area contributed by atoms with Gasteiger partial charge in [-0.1, -0.05) is 0 Å². The molecule has 0 aliphatic carbocycles. The molecule has 0 aliphatic heterocycles. The fraction of sp³-hybridized carbons (Fsp3) is 0.100. The number of hydrogen-bond donors (Lipinski definition) is 5. The molecule has 3 aromatic rings. The number of benzene rings is 2. The van der Waals surface area contributed by atoms with Crippen molar-refractivity contribution < 1.29 is 27.5 Å². The van der Waals surface area contributed by atoms with Gasteiger partial charge in [-0.2, -0.15) is 0 Å². The number of nitrogens with two attached hydrogens (primary N) is 1. The van der Waals surface area contributed by atoms with Crippen LogP contribution in [0.25, 0.3) is 0 Å². The first kappa shape index (κ1) is 21.9. The molecule has 162 valence electrons. The summed E-state index contributed by atoms with van der Waals surface area (Å²) in [7, 11) is -4.23. The number of carbonyl (C=O) groups excluding carboxylic acids is 1. The number of amides is 1. The van der Waals surface area contributed by atoms with E-state index in [1.165, 1.54) is 25.5 Å². The summed E-state index contributed by atoms with van der Waals surface area (Å²) in [6.07, 6.45) is 2.98. The van der Waals surface area contributed by atoms with Crippen LogP contribution in [-0.4, -0.2) is 25.4 Å². The maximum atomic E-state index is 12.1. The van der Waals surface area contributed by atoms with Crippen molar-refractivity contribution in [2.75, 3.05) is 16.0 Å². The van der Waals surface area contributed by atoms with Crippen LogP contribution in [0.4, 0.5) is 22.7 Å². The Bertz CT molecular complexity index is 1210. The lowest BCUT2D eigenvalue weighted by Crippen LogP contribution is -2.16. The number of aromatic carboxylic acids is 1. The predicted octanol–water partition coefficient (Wildman–Crippen LogP) is 2.94. The van der Waals surface area contributed by atoms with E-state index < -0.39 is 16.0 Å². The van der Waals surface area contributed by atoms with E-state index in [4.69, 9.17) is 9.56 Å². The van der Waals surface area contributed by atoms with Gasteiger partial charge in [0.2, 0.25) is 15.9 Å². The third kappa shape index (κ3) is 5.62. The Kier molecular flexibility index (Phi) is 6.28. The minimum absolute atomic E-state index is 0.0921. The van der Waals surface area contributed by atoms with Gasteiger partial charge in [-0.25, -0.2) is 18.4 Å². The van der Waals surface area contributed by atoms with E-state index in [1.54, 1.807) is 30.3 Å². The zero-order valence-electron chi connectivity index (χ0n) is 16.4. The molecule has 3 rings (SSSR count). The summed E-state index contributed by atoms with van der Waals surface area (Å²) < 4.78 is 29.2. The number of hydrogen-bond acceptors (Lipinski definition) is 7. The molecular weight excluding hydrogens is 424 g/mol. The lowest BCUT2D eigenvalue weighted by atomic mass is 10.1. The van der Waals surface area contributed by atoms with E-state index in [-0.39, 0.29) is 34.3 Å². The highest BCUT2D eigenvalue weighted by Gasteiger charge is 2.21. The summed E-state index contributed by atoms with van der Waals surface area (Å²) in [5, 5.41) is 23.4. The molecule has 6 N–H and O–H groups in total. The van der Waals surface area contributed by atoms with E-state index in [0.29, 0.717) is 11.4 Å². The van der Waals surface area contributed by atoms with Crippen LogP contribution in [-0.2, 0) is 21.4 Å².